The van der Waals surface area contributed by atoms with E-state index in [1.807, 2.05) is 12.1 Å². The Kier molecular flexibility index (Phi) is 6.32. The minimum atomic E-state index is 0.00557. The molecule has 2 aromatic rings. The molecular weight excluding hydrogens is 356 g/mol. The summed E-state index contributed by atoms with van der Waals surface area (Å²) in [5.41, 5.74) is 2.80. The largest absolute Gasteiger partial charge is 0.301 e. The number of H-pyrrole nitrogens is 1. The monoisotopic (exact) mass is 376 g/mol. The third-order valence-electron chi connectivity index (χ3n) is 4.32. The smallest absolute Gasteiger partial charge is 0.254 e. The average molecular weight is 377 g/mol. The van der Waals surface area contributed by atoms with Crippen molar-refractivity contribution < 1.29 is 4.79 Å². The molecule has 0 radical (unpaired) electrons. The van der Waals surface area contributed by atoms with Crippen LogP contribution in [0, 0.1) is 0 Å². The zero-order valence-electron chi connectivity index (χ0n) is 14.0. The van der Waals surface area contributed by atoms with E-state index < -0.39 is 0 Å². The molecule has 1 aromatic heterocycles. The number of hydrogen-bond donors (Lipinski definition) is 1. The highest BCUT2D eigenvalue weighted by Gasteiger charge is 2.15. The number of ketones is 1. The fraction of sp³-hybridized carbons (Fsp3) is 0.421. The van der Waals surface area contributed by atoms with E-state index in [0.29, 0.717) is 23.0 Å². The summed E-state index contributed by atoms with van der Waals surface area (Å²) in [6.07, 6.45) is 5.65. The Morgan fingerprint density at radius 3 is 2.76 bits per heavy atom. The van der Waals surface area contributed by atoms with Crippen molar-refractivity contribution in [3.63, 3.8) is 0 Å². The van der Waals surface area contributed by atoms with Crippen LogP contribution in [0.2, 0.25) is 5.02 Å². The number of halogens is 1. The number of aromatic amines is 1. The van der Waals surface area contributed by atoms with Crippen LogP contribution in [0.25, 0.3) is 0 Å². The Bertz CT molecular complexity index is 802. The summed E-state index contributed by atoms with van der Waals surface area (Å²) in [5, 5.41) is 1.36. The highest BCUT2D eigenvalue weighted by Crippen LogP contribution is 2.20. The number of thioether (sulfide) groups is 1. The predicted octanol–water partition coefficient (Wildman–Crippen LogP) is 3.99. The summed E-state index contributed by atoms with van der Waals surface area (Å²) in [4.78, 5) is 31.6. The van der Waals surface area contributed by atoms with Crippen molar-refractivity contribution in [1.82, 2.24) is 9.97 Å². The Labute approximate surface area is 156 Å². The van der Waals surface area contributed by atoms with Crippen molar-refractivity contribution in [3.05, 3.63) is 56.5 Å². The molecule has 132 valence electrons. The lowest BCUT2D eigenvalue weighted by atomic mass is 9.97. The van der Waals surface area contributed by atoms with Crippen LogP contribution >= 0.6 is 23.4 Å². The van der Waals surface area contributed by atoms with Crippen molar-refractivity contribution >= 4 is 29.1 Å². The summed E-state index contributed by atoms with van der Waals surface area (Å²) in [6, 6.07) is 7.38. The molecule has 0 saturated heterocycles. The van der Waals surface area contributed by atoms with Gasteiger partial charge in [0, 0.05) is 29.2 Å². The van der Waals surface area contributed by atoms with Gasteiger partial charge in [0.2, 0.25) is 0 Å². The van der Waals surface area contributed by atoms with Gasteiger partial charge in [-0.3, -0.25) is 9.59 Å². The Balaban J connectivity index is 1.45. The Morgan fingerprint density at radius 2 is 1.96 bits per heavy atom. The summed E-state index contributed by atoms with van der Waals surface area (Å²) in [5.74, 6) is 0.989. The molecule has 1 N–H and O–H groups in total. The summed E-state index contributed by atoms with van der Waals surface area (Å²) >= 11 is 7.37. The van der Waals surface area contributed by atoms with Crippen molar-refractivity contribution in [3.8, 4) is 0 Å². The second kappa shape index (κ2) is 8.68. The first-order valence-corrected chi connectivity index (χ1v) is 9.99. The van der Waals surface area contributed by atoms with E-state index >= 15 is 0 Å². The van der Waals surface area contributed by atoms with Gasteiger partial charge in [-0.15, -0.1) is 0 Å². The van der Waals surface area contributed by atoms with E-state index in [-0.39, 0.29) is 11.3 Å². The fourth-order valence-electron chi connectivity index (χ4n) is 3.01. The first kappa shape index (κ1) is 18.2. The van der Waals surface area contributed by atoms with Gasteiger partial charge in [0.1, 0.15) is 5.78 Å². The Hall–Kier alpha value is -1.59. The zero-order valence-corrected chi connectivity index (χ0v) is 15.6. The van der Waals surface area contributed by atoms with E-state index in [1.54, 1.807) is 12.1 Å². The van der Waals surface area contributed by atoms with Crippen LogP contribution in [0.3, 0.4) is 0 Å². The molecule has 0 unspecified atom stereocenters. The standard InChI is InChI=1S/C19H21ClN2O2S/c20-14-9-7-13(8-10-14)12-15(23)4-3-11-25-19-21-17-6-2-1-5-16(17)18(24)22-19/h7-10H,1-6,11-12H2,(H,21,22,24). The van der Waals surface area contributed by atoms with Gasteiger partial charge in [0.25, 0.3) is 5.56 Å². The lowest BCUT2D eigenvalue weighted by Crippen LogP contribution is -2.21. The van der Waals surface area contributed by atoms with Crippen molar-refractivity contribution in [2.24, 2.45) is 0 Å². The topological polar surface area (TPSA) is 62.8 Å². The number of fused-ring (bicyclic) bond motifs is 1. The minimum Gasteiger partial charge on any atom is -0.301 e. The summed E-state index contributed by atoms with van der Waals surface area (Å²) in [6.45, 7) is 0. The highest BCUT2D eigenvalue weighted by atomic mass is 35.5. The van der Waals surface area contributed by atoms with Crippen LogP contribution in [0.1, 0.15) is 42.5 Å². The van der Waals surface area contributed by atoms with Crippen LogP contribution in [0.5, 0.6) is 0 Å². The molecule has 4 nitrogen and oxygen atoms in total. The number of aromatic nitrogens is 2. The van der Waals surface area contributed by atoms with Crippen LogP contribution in [-0.4, -0.2) is 21.5 Å². The molecule has 6 heteroatoms. The second-order valence-corrected chi connectivity index (χ2v) is 7.82. The normalized spacial score (nSPS) is 13.5. The molecule has 1 aliphatic carbocycles. The van der Waals surface area contributed by atoms with Gasteiger partial charge < -0.3 is 4.98 Å². The Morgan fingerprint density at radius 1 is 1.20 bits per heavy atom. The van der Waals surface area contributed by atoms with E-state index in [1.165, 1.54) is 11.8 Å². The van der Waals surface area contributed by atoms with E-state index in [9.17, 15) is 9.59 Å². The quantitative estimate of drug-likeness (QED) is 0.451. The van der Waals surface area contributed by atoms with Gasteiger partial charge in [-0.1, -0.05) is 35.5 Å². The van der Waals surface area contributed by atoms with Gasteiger partial charge >= 0.3 is 0 Å². The summed E-state index contributed by atoms with van der Waals surface area (Å²) < 4.78 is 0. The summed E-state index contributed by atoms with van der Waals surface area (Å²) in [7, 11) is 0. The lowest BCUT2D eigenvalue weighted by Gasteiger charge is -2.14. The van der Waals surface area contributed by atoms with Crippen LogP contribution in [-0.2, 0) is 24.1 Å². The fourth-order valence-corrected chi connectivity index (χ4v) is 3.95. The van der Waals surface area contributed by atoms with Crippen molar-refractivity contribution in [1.29, 1.82) is 0 Å². The molecule has 0 atom stereocenters. The first-order chi connectivity index (χ1) is 12.1. The van der Waals surface area contributed by atoms with Crippen LogP contribution < -0.4 is 5.56 Å². The minimum absolute atomic E-state index is 0.00557. The first-order valence-electron chi connectivity index (χ1n) is 8.63. The van der Waals surface area contributed by atoms with Gasteiger partial charge in [-0.05, 0) is 49.8 Å². The van der Waals surface area contributed by atoms with Gasteiger partial charge in [-0.25, -0.2) is 4.98 Å². The van der Waals surface area contributed by atoms with Crippen LogP contribution in [0.4, 0.5) is 0 Å². The zero-order chi connectivity index (χ0) is 17.6. The number of carbonyl (C=O) groups is 1. The second-order valence-electron chi connectivity index (χ2n) is 6.30. The van der Waals surface area contributed by atoms with E-state index in [0.717, 1.165) is 54.7 Å². The maximum Gasteiger partial charge on any atom is 0.254 e. The molecule has 1 aliphatic rings. The van der Waals surface area contributed by atoms with Crippen molar-refractivity contribution in [2.45, 2.75) is 50.1 Å². The van der Waals surface area contributed by atoms with Gasteiger partial charge in [0.15, 0.2) is 5.16 Å². The third kappa shape index (κ3) is 5.19. The molecule has 0 fully saturated rings. The number of rotatable bonds is 7. The molecule has 1 heterocycles. The highest BCUT2D eigenvalue weighted by molar-refractivity contribution is 7.99. The molecule has 0 aliphatic heterocycles. The SMILES string of the molecule is O=C(CCCSc1nc2c(c(=O)[nH]1)CCCC2)Cc1ccc(Cl)cc1. The number of aryl methyl sites for hydroxylation is 1. The van der Waals surface area contributed by atoms with Gasteiger partial charge in [0.05, 0.1) is 5.69 Å². The van der Waals surface area contributed by atoms with Crippen LogP contribution in [0.15, 0.2) is 34.2 Å². The molecule has 0 amide bonds. The molecule has 0 saturated carbocycles. The average Bonchev–Trinajstić information content (AvgIpc) is 2.61. The molecule has 25 heavy (non-hydrogen) atoms. The molecular formula is C19H21ClN2O2S. The molecule has 0 bridgehead atoms. The number of hydrogen-bond acceptors (Lipinski definition) is 4. The molecule has 1 aromatic carbocycles. The third-order valence-corrected chi connectivity index (χ3v) is 5.53. The number of nitrogens with one attached hydrogen (secondary N) is 1. The number of benzene rings is 1. The maximum atomic E-state index is 12.1. The maximum absolute atomic E-state index is 12.1. The number of carbonyl (C=O) groups excluding carboxylic acids is 1. The number of nitrogens with zero attached hydrogens (tertiary/aromatic N) is 1. The van der Waals surface area contributed by atoms with E-state index in [2.05, 4.69) is 9.97 Å². The molecule has 3 rings (SSSR count). The van der Waals surface area contributed by atoms with Gasteiger partial charge in [-0.2, -0.15) is 0 Å². The molecule has 0 spiro atoms. The van der Waals surface area contributed by atoms with E-state index in [4.69, 9.17) is 11.6 Å². The van der Waals surface area contributed by atoms with Crippen molar-refractivity contribution in [2.75, 3.05) is 5.75 Å². The lowest BCUT2D eigenvalue weighted by molar-refractivity contribution is -0.118. The predicted molar refractivity (Wildman–Crippen MR) is 102 cm³/mol. The number of Topliss-reactive ketones (excluding diaryl/α,β-unsaturated/α-hetero) is 1.